The molecular formula is C25H28N8O3. The van der Waals surface area contributed by atoms with Crippen molar-refractivity contribution in [1.29, 1.82) is 0 Å². The average molecular weight is 489 g/mol. The number of carbonyl (C=O) groups excluding carboxylic acids is 1. The Morgan fingerprint density at radius 1 is 0.611 bits per heavy atom. The van der Waals surface area contributed by atoms with Crippen LogP contribution in [-0.2, 0) is 0 Å². The van der Waals surface area contributed by atoms with Crippen molar-refractivity contribution < 1.29 is 14.7 Å². The SMILES string of the molecule is Nc1cc(N)cc(C(=O)O)c1.Nc1ccc(NC(=O)c2ccc(N)cc2)cc1.Nc1cccc(N)n1. The zero-order valence-electron chi connectivity index (χ0n) is 19.3. The van der Waals surface area contributed by atoms with Crippen LogP contribution in [0.5, 0.6) is 0 Å². The van der Waals surface area contributed by atoms with Crippen LogP contribution in [0, 0.1) is 0 Å². The van der Waals surface area contributed by atoms with Crippen LogP contribution >= 0.6 is 0 Å². The maximum absolute atomic E-state index is 11.8. The van der Waals surface area contributed by atoms with Gasteiger partial charge in [-0.1, -0.05) is 6.07 Å². The molecule has 186 valence electrons. The quantitative estimate of drug-likeness (QED) is 0.196. The monoisotopic (exact) mass is 488 g/mol. The van der Waals surface area contributed by atoms with Gasteiger partial charge < -0.3 is 44.8 Å². The van der Waals surface area contributed by atoms with E-state index < -0.39 is 5.97 Å². The molecule has 11 nitrogen and oxygen atoms in total. The Hall–Kier alpha value is -5.45. The number of carboxylic acids is 1. The molecule has 0 unspecified atom stereocenters. The van der Waals surface area contributed by atoms with Gasteiger partial charge in [-0.3, -0.25) is 4.79 Å². The van der Waals surface area contributed by atoms with Gasteiger partial charge >= 0.3 is 5.97 Å². The summed E-state index contributed by atoms with van der Waals surface area (Å²) >= 11 is 0. The standard InChI is InChI=1S/C13H13N3O.C7H8N2O2.C5H7N3/c14-10-3-1-9(2-4-10)13(17)16-12-7-5-11(15)6-8-12;8-5-1-4(7(10)11)2-6(9)3-5;6-4-2-1-3-5(7)8-4/h1-8H,14-15H2,(H,16,17);1-3H,8-9H2,(H,10,11);1-3H,(H4,6,7,8). The number of anilines is 7. The van der Waals surface area contributed by atoms with E-state index in [9.17, 15) is 9.59 Å². The molecule has 3 aromatic carbocycles. The maximum Gasteiger partial charge on any atom is 0.335 e. The van der Waals surface area contributed by atoms with E-state index in [1.54, 1.807) is 66.7 Å². The first-order valence-electron chi connectivity index (χ1n) is 10.4. The third-order valence-corrected chi connectivity index (χ3v) is 4.36. The maximum atomic E-state index is 11.8. The van der Waals surface area contributed by atoms with Crippen molar-refractivity contribution in [2.45, 2.75) is 0 Å². The Morgan fingerprint density at radius 3 is 1.50 bits per heavy atom. The van der Waals surface area contributed by atoms with Crippen molar-refractivity contribution >= 4 is 51.9 Å². The summed E-state index contributed by atoms with van der Waals surface area (Å²) in [5, 5.41) is 11.3. The molecule has 0 atom stereocenters. The molecule has 11 heteroatoms. The number of rotatable bonds is 3. The Bertz CT molecular complexity index is 1270. The van der Waals surface area contributed by atoms with Crippen LogP contribution in [-0.4, -0.2) is 22.0 Å². The summed E-state index contributed by atoms with van der Waals surface area (Å²) in [5.41, 5.74) is 35.8. The summed E-state index contributed by atoms with van der Waals surface area (Å²) in [6.07, 6.45) is 0. The van der Waals surface area contributed by atoms with E-state index in [2.05, 4.69) is 10.3 Å². The number of benzene rings is 3. The molecule has 0 spiro atoms. The molecule has 1 heterocycles. The lowest BCUT2D eigenvalue weighted by Crippen LogP contribution is -2.11. The summed E-state index contributed by atoms with van der Waals surface area (Å²) in [7, 11) is 0. The van der Waals surface area contributed by atoms with Crippen molar-refractivity contribution in [3.05, 3.63) is 96.1 Å². The van der Waals surface area contributed by atoms with Gasteiger partial charge in [0.25, 0.3) is 5.91 Å². The molecule has 1 amide bonds. The summed E-state index contributed by atoms with van der Waals surface area (Å²) in [5.74, 6) is -0.270. The van der Waals surface area contributed by atoms with E-state index in [-0.39, 0.29) is 11.5 Å². The first-order valence-corrected chi connectivity index (χ1v) is 10.4. The van der Waals surface area contributed by atoms with Gasteiger partial charge in [0.15, 0.2) is 0 Å². The second-order valence-electron chi connectivity index (χ2n) is 7.38. The van der Waals surface area contributed by atoms with Crippen molar-refractivity contribution in [1.82, 2.24) is 4.98 Å². The van der Waals surface area contributed by atoms with Crippen molar-refractivity contribution in [3.63, 3.8) is 0 Å². The van der Waals surface area contributed by atoms with E-state index >= 15 is 0 Å². The number of hydrogen-bond acceptors (Lipinski definition) is 9. The van der Waals surface area contributed by atoms with Crippen LogP contribution in [0.25, 0.3) is 0 Å². The fraction of sp³-hybridized carbons (Fsp3) is 0. The van der Waals surface area contributed by atoms with Crippen LogP contribution < -0.4 is 39.7 Å². The molecule has 1 aromatic heterocycles. The first-order chi connectivity index (χ1) is 17.0. The van der Waals surface area contributed by atoms with Crippen LogP contribution in [0.4, 0.5) is 40.1 Å². The average Bonchev–Trinajstić information content (AvgIpc) is 2.81. The lowest BCUT2D eigenvalue weighted by atomic mass is 10.2. The zero-order valence-corrected chi connectivity index (χ0v) is 19.3. The van der Waals surface area contributed by atoms with Gasteiger partial charge in [-0.05, 0) is 78.9 Å². The Kier molecular flexibility index (Phi) is 9.45. The Labute approximate surface area is 207 Å². The molecule has 14 N–H and O–H groups in total. The van der Waals surface area contributed by atoms with Crippen LogP contribution in [0.15, 0.2) is 84.9 Å². The highest BCUT2D eigenvalue weighted by Crippen LogP contribution is 2.14. The second kappa shape index (κ2) is 12.7. The fourth-order valence-corrected chi connectivity index (χ4v) is 2.67. The molecular weight excluding hydrogens is 460 g/mol. The number of amides is 1. The Morgan fingerprint density at radius 2 is 1.08 bits per heavy atom. The molecule has 36 heavy (non-hydrogen) atoms. The summed E-state index contributed by atoms with van der Waals surface area (Å²) in [4.78, 5) is 26.0. The fourth-order valence-electron chi connectivity index (χ4n) is 2.67. The van der Waals surface area contributed by atoms with E-state index in [4.69, 9.17) is 39.5 Å². The molecule has 0 aliphatic rings. The van der Waals surface area contributed by atoms with Crippen LogP contribution in [0.2, 0.25) is 0 Å². The zero-order chi connectivity index (χ0) is 26.7. The van der Waals surface area contributed by atoms with Gasteiger partial charge in [0.1, 0.15) is 11.6 Å². The van der Waals surface area contributed by atoms with E-state index in [1.165, 1.54) is 18.2 Å². The highest BCUT2D eigenvalue weighted by Gasteiger charge is 2.05. The topological polar surface area (TPSA) is 235 Å². The molecule has 0 radical (unpaired) electrons. The molecule has 0 aliphatic carbocycles. The lowest BCUT2D eigenvalue weighted by molar-refractivity contribution is 0.0696. The number of carbonyl (C=O) groups is 2. The van der Waals surface area contributed by atoms with Gasteiger partial charge in [0, 0.05) is 34.0 Å². The van der Waals surface area contributed by atoms with Crippen molar-refractivity contribution in [3.8, 4) is 0 Å². The number of pyridine rings is 1. The summed E-state index contributed by atoms with van der Waals surface area (Å²) < 4.78 is 0. The highest BCUT2D eigenvalue weighted by atomic mass is 16.4. The smallest absolute Gasteiger partial charge is 0.335 e. The predicted molar refractivity (Wildman–Crippen MR) is 145 cm³/mol. The minimum Gasteiger partial charge on any atom is -0.478 e. The number of nitrogens with zero attached hydrogens (tertiary/aromatic N) is 1. The third kappa shape index (κ3) is 9.19. The van der Waals surface area contributed by atoms with E-state index in [1.807, 2.05) is 0 Å². The van der Waals surface area contributed by atoms with Crippen LogP contribution in [0.1, 0.15) is 20.7 Å². The van der Waals surface area contributed by atoms with Crippen LogP contribution in [0.3, 0.4) is 0 Å². The molecule has 0 saturated heterocycles. The number of hydrogen-bond donors (Lipinski definition) is 8. The third-order valence-electron chi connectivity index (χ3n) is 4.36. The largest absolute Gasteiger partial charge is 0.478 e. The number of nitrogens with two attached hydrogens (primary N) is 6. The van der Waals surface area contributed by atoms with Gasteiger partial charge in [0.2, 0.25) is 0 Å². The minimum atomic E-state index is -1.02. The number of aromatic carboxylic acids is 1. The van der Waals surface area contributed by atoms with Gasteiger partial charge in [-0.2, -0.15) is 0 Å². The number of nitrogen functional groups attached to an aromatic ring is 6. The molecule has 0 fully saturated rings. The van der Waals surface area contributed by atoms with E-state index in [0.717, 1.165) is 0 Å². The predicted octanol–water partition coefficient (Wildman–Crippen LogP) is 2.90. The molecule has 0 saturated carbocycles. The number of carboxylic acid groups (broad SMARTS) is 1. The Balaban J connectivity index is 0.000000206. The van der Waals surface area contributed by atoms with Crippen molar-refractivity contribution in [2.75, 3.05) is 39.7 Å². The van der Waals surface area contributed by atoms with Gasteiger partial charge in [-0.25, -0.2) is 9.78 Å². The molecule has 0 aliphatic heterocycles. The number of nitrogens with one attached hydrogen (secondary N) is 1. The lowest BCUT2D eigenvalue weighted by Gasteiger charge is -2.05. The van der Waals surface area contributed by atoms with E-state index in [0.29, 0.717) is 45.6 Å². The molecule has 0 bridgehead atoms. The summed E-state index contributed by atoms with van der Waals surface area (Å²) in [6, 6.07) is 23.1. The molecule has 4 aromatic rings. The van der Waals surface area contributed by atoms with Gasteiger partial charge in [0.05, 0.1) is 5.56 Å². The van der Waals surface area contributed by atoms with Gasteiger partial charge in [-0.15, -0.1) is 0 Å². The minimum absolute atomic E-state index is 0.113. The molecule has 4 rings (SSSR count). The highest BCUT2D eigenvalue weighted by molar-refractivity contribution is 6.04. The normalized spacial score (nSPS) is 9.56. The first kappa shape index (κ1) is 26.8. The van der Waals surface area contributed by atoms with Crippen molar-refractivity contribution in [2.24, 2.45) is 0 Å². The second-order valence-corrected chi connectivity index (χ2v) is 7.38. The summed E-state index contributed by atoms with van der Waals surface area (Å²) in [6.45, 7) is 0. The number of aromatic nitrogens is 1.